The van der Waals surface area contributed by atoms with Gasteiger partial charge in [0.1, 0.15) is 6.10 Å². The molecule has 5 heteroatoms. The van der Waals surface area contributed by atoms with E-state index in [0.717, 1.165) is 31.2 Å². The molecular weight excluding hydrogens is 208 g/mol. The molecule has 2 heterocycles. The lowest BCUT2D eigenvalue weighted by Crippen LogP contribution is -2.21. The second-order valence-corrected chi connectivity index (χ2v) is 3.69. The molecule has 1 saturated heterocycles. The van der Waals surface area contributed by atoms with Crippen LogP contribution >= 0.6 is 0 Å². The van der Waals surface area contributed by atoms with E-state index in [4.69, 9.17) is 13.9 Å². The van der Waals surface area contributed by atoms with Crippen molar-refractivity contribution in [3.8, 4) is 0 Å². The molecule has 0 amide bonds. The second kappa shape index (κ2) is 5.98. The highest BCUT2D eigenvalue weighted by molar-refractivity contribution is 4.99. The molecule has 0 radical (unpaired) electrons. The van der Waals surface area contributed by atoms with E-state index in [1.54, 1.807) is 6.20 Å². The first-order chi connectivity index (χ1) is 7.90. The number of likely N-dealkylation sites (N-methyl/N-ethyl adjacent to an activating group) is 1. The normalized spacial score (nSPS) is 21.2. The van der Waals surface area contributed by atoms with Crippen LogP contribution in [-0.2, 0) is 15.9 Å². The van der Waals surface area contributed by atoms with Crippen LogP contribution in [0.25, 0.3) is 0 Å². The lowest BCUT2D eigenvalue weighted by atomic mass is 10.3. The minimum atomic E-state index is -0.0888. The van der Waals surface area contributed by atoms with Crippen LogP contribution in [0.3, 0.4) is 0 Å². The molecule has 5 nitrogen and oxygen atoms in total. The molecule has 1 aromatic heterocycles. The molecule has 2 rings (SSSR count). The third-order valence-corrected chi connectivity index (χ3v) is 2.47. The summed E-state index contributed by atoms with van der Waals surface area (Å²) in [7, 11) is 0. The van der Waals surface area contributed by atoms with Crippen LogP contribution in [0, 0.1) is 0 Å². The van der Waals surface area contributed by atoms with Crippen LogP contribution in [-0.4, -0.2) is 37.9 Å². The number of aromatic nitrogens is 1. The zero-order valence-electron chi connectivity index (χ0n) is 9.57. The molecule has 1 atom stereocenters. The average molecular weight is 226 g/mol. The van der Waals surface area contributed by atoms with Crippen LogP contribution in [0.5, 0.6) is 0 Å². The molecule has 0 aliphatic carbocycles. The van der Waals surface area contributed by atoms with Crippen LogP contribution in [0.15, 0.2) is 10.6 Å². The summed E-state index contributed by atoms with van der Waals surface area (Å²) in [6, 6.07) is 0. The number of oxazole rings is 1. The Morgan fingerprint density at radius 1 is 1.50 bits per heavy atom. The predicted octanol–water partition coefficient (Wildman–Crippen LogP) is 0.914. The highest BCUT2D eigenvalue weighted by atomic mass is 16.6. The first-order valence-corrected chi connectivity index (χ1v) is 5.75. The zero-order valence-corrected chi connectivity index (χ0v) is 9.57. The summed E-state index contributed by atoms with van der Waals surface area (Å²) in [5, 5.41) is 3.23. The lowest BCUT2D eigenvalue weighted by molar-refractivity contribution is -0.0978. The van der Waals surface area contributed by atoms with Crippen molar-refractivity contribution in [3.63, 3.8) is 0 Å². The lowest BCUT2D eigenvalue weighted by Gasteiger charge is -2.20. The van der Waals surface area contributed by atoms with Gasteiger partial charge in [0.2, 0.25) is 0 Å². The van der Waals surface area contributed by atoms with E-state index in [1.165, 1.54) is 0 Å². The molecule has 1 N–H and O–H groups in total. The van der Waals surface area contributed by atoms with E-state index in [1.807, 2.05) is 0 Å². The van der Waals surface area contributed by atoms with E-state index in [0.29, 0.717) is 19.8 Å². The highest BCUT2D eigenvalue weighted by Crippen LogP contribution is 2.21. The van der Waals surface area contributed by atoms with Gasteiger partial charge in [0.15, 0.2) is 11.7 Å². The fourth-order valence-corrected chi connectivity index (χ4v) is 1.61. The average Bonchev–Trinajstić information content (AvgIpc) is 2.79. The topological polar surface area (TPSA) is 56.5 Å². The third-order valence-electron chi connectivity index (χ3n) is 2.47. The number of nitrogens with zero attached hydrogens (tertiary/aromatic N) is 1. The van der Waals surface area contributed by atoms with Gasteiger partial charge >= 0.3 is 0 Å². The number of hydrogen-bond donors (Lipinski definition) is 1. The van der Waals surface area contributed by atoms with Crippen molar-refractivity contribution in [2.24, 2.45) is 0 Å². The fraction of sp³-hybridized carbons (Fsp3) is 0.727. The molecule has 0 bridgehead atoms. The van der Waals surface area contributed by atoms with Gasteiger partial charge in [-0.05, 0) is 6.54 Å². The monoisotopic (exact) mass is 226 g/mol. The first-order valence-electron chi connectivity index (χ1n) is 5.75. The van der Waals surface area contributed by atoms with E-state index >= 15 is 0 Å². The maximum Gasteiger partial charge on any atom is 0.195 e. The Labute approximate surface area is 95.1 Å². The van der Waals surface area contributed by atoms with E-state index in [-0.39, 0.29) is 6.10 Å². The minimum Gasteiger partial charge on any atom is -0.443 e. The number of rotatable bonds is 5. The molecular formula is C11H18N2O3. The van der Waals surface area contributed by atoms with Crippen LogP contribution in [0.1, 0.15) is 24.7 Å². The SMILES string of the molecule is CCNCCc1ncc(C2COCCO2)o1. The Hall–Kier alpha value is -0.910. The van der Waals surface area contributed by atoms with Crippen molar-refractivity contribution < 1.29 is 13.9 Å². The molecule has 0 aromatic carbocycles. The highest BCUT2D eigenvalue weighted by Gasteiger charge is 2.20. The molecule has 0 saturated carbocycles. The standard InChI is InChI=1S/C11H18N2O3/c1-2-12-4-3-11-13-7-9(16-11)10-8-14-5-6-15-10/h7,10,12H,2-6,8H2,1H3. The summed E-state index contributed by atoms with van der Waals surface area (Å²) in [6.45, 7) is 5.78. The molecule has 1 aliphatic heterocycles. The molecule has 90 valence electrons. The van der Waals surface area contributed by atoms with Crippen molar-refractivity contribution in [2.75, 3.05) is 32.9 Å². The molecule has 1 fully saturated rings. The Bertz CT molecular complexity index is 308. The second-order valence-electron chi connectivity index (χ2n) is 3.69. The van der Waals surface area contributed by atoms with Crippen molar-refractivity contribution in [1.82, 2.24) is 10.3 Å². The third kappa shape index (κ3) is 3.04. The Morgan fingerprint density at radius 3 is 3.19 bits per heavy atom. The van der Waals surface area contributed by atoms with Crippen molar-refractivity contribution >= 4 is 0 Å². The summed E-state index contributed by atoms with van der Waals surface area (Å²) in [6.07, 6.45) is 2.45. The number of nitrogens with one attached hydrogen (secondary N) is 1. The van der Waals surface area contributed by atoms with Crippen molar-refractivity contribution in [3.05, 3.63) is 17.8 Å². The molecule has 1 unspecified atom stereocenters. The van der Waals surface area contributed by atoms with Crippen molar-refractivity contribution in [2.45, 2.75) is 19.4 Å². The maximum atomic E-state index is 5.61. The zero-order chi connectivity index (χ0) is 11.2. The van der Waals surface area contributed by atoms with Crippen LogP contribution < -0.4 is 5.32 Å². The molecule has 1 aliphatic rings. The van der Waals surface area contributed by atoms with Crippen LogP contribution in [0.2, 0.25) is 0 Å². The summed E-state index contributed by atoms with van der Waals surface area (Å²) < 4.78 is 16.5. The summed E-state index contributed by atoms with van der Waals surface area (Å²) >= 11 is 0. The predicted molar refractivity (Wildman–Crippen MR) is 58.3 cm³/mol. The van der Waals surface area contributed by atoms with Gasteiger partial charge in [-0.25, -0.2) is 4.98 Å². The first kappa shape index (κ1) is 11.6. The summed E-state index contributed by atoms with van der Waals surface area (Å²) in [4.78, 5) is 4.22. The number of ether oxygens (including phenoxy) is 2. The summed E-state index contributed by atoms with van der Waals surface area (Å²) in [5.74, 6) is 1.52. The van der Waals surface area contributed by atoms with E-state index in [9.17, 15) is 0 Å². The fourth-order valence-electron chi connectivity index (χ4n) is 1.61. The van der Waals surface area contributed by atoms with Gasteiger partial charge in [-0.15, -0.1) is 0 Å². The Kier molecular flexibility index (Phi) is 4.33. The Balaban J connectivity index is 1.85. The molecule has 1 aromatic rings. The van der Waals surface area contributed by atoms with E-state index in [2.05, 4.69) is 17.2 Å². The van der Waals surface area contributed by atoms with Gasteiger partial charge in [0.25, 0.3) is 0 Å². The van der Waals surface area contributed by atoms with Gasteiger partial charge in [-0.3, -0.25) is 0 Å². The smallest absolute Gasteiger partial charge is 0.195 e. The van der Waals surface area contributed by atoms with Gasteiger partial charge in [-0.1, -0.05) is 6.92 Å². The minimum absolute atomic E-state index is 0.0888. The Morgan fingerprint density at radius 2 is 2.44 bits per heavy atom. The number of hydrogen-bond acceptors (Lipinski definition) is 5. The van der Waals surface area contributed by atoms with E-state index < -0.39 is 0 Å². The summed E-state index contributed by atoms with van der Waals surface area (Å²) in [5.41, 5.74) is 0. The maximum absolute atomic E-state index is 5.61. The molecule has 16 heavy (non-hydrogen) atoms. The quantitative estimate of drug-likeness (QED) is 0.756. The van der Waals surface area contributed by atoms with Gasteiger partial charge in [0.05, 0.1) is 26.0 Å². The molecule has 0 spiro atoms. The van der Waals surface area contributed by atoms with Crippen molar-refractivity contribution in [1.29, 1.82) is 0 Å². The van der Waals surface area contributed by atoms with Crippen LogP contribution in [0.4, 0.5) is 0 Å². The largest absolute Gasteiger partial charge is 0.443 e. The van der Waals surface area contributed by atoms with Gasteiger partial charge < -0.3 is 19.2 Å². The van der Waals surface area contributed by atoms with Gasteiger partial charge in [0, 0.05) is 13.0 Å². The van der Waals surface area contributed by atoms with Gasteiger partial charge in [-0.2, -0.15) is 0 Å².